The van der Waals surface area contributed by atoms with Crippen LogP contribution in [0.5, 0.6) is 5.75 Å². The number of carbonyl (C=O) groups is 1. The normalized spacial score (nSPS) is 14.4. The molecule has 5 rings (SSSR count). The fraction of sp³-hybridized carbons (Fsp3) is 0.240. The Balaban J connectivity index is 1.50. The lowest BCUT2D eigenvalue weighted by molar-refractivity contribution is 0.0727. The molecule has 0 unspecified atom stereocenters. The molecular formula is C25H20B2F2N4O3. The zero-order chi connectivity index (χ0) is 25.6. The standard InChI is InChI=1S/C25H20B2F2N4O3/c1-32-12-17-15(5-6-21(22(17)31-32)36-9-8-35-2)14-10-19(28)18(20(29)11-14)13-33-24(34)16-4-3-7-30-23(16)25(33,26)27/h3-7,10-12H,8-9,13H2,1-2H3. The molecular weight excluding hydrogens is 464 g/mol. The number of nitrogens with zero attached hydrogens (tertiary/aromatic N) is 4. The van der Waals surface area contributed by atoms with Crippen molar-refractivity contribution in [1.82, 2.24) is 19.7 Å². The molecule has 4 radical (unpaired) electrons. The molecule has 2 aromatic heterocycles. The summed E-state index contributed by atoms with van der Waals surface area (Å²) in [5.74, 6) is -1.69. The van der Waals surface area contributed by atoms with Gasteiger partial charge in [-0.1, -0.05) is 0 Å². The highest BCUT2D eigenvalue weighted by atomic mass is 19.1. The summed E-state index contributed by atoms with van der Waals surface area (Å²) < 4.78 is 43.0. The Hall–Kier alpha value is -3.72. The molecule has 0 saturated carbocycles. The lowest BCUT2D eigenvalue weighted by atomic mass is 9.59. The van der Waals surface area contributed by atoms with Crippen LogP contribution in [0.1, 0.15) is 21.6 Å². The number of ether oxygens (including phenoxy) is 2. The number of methoxy groups -OCH3 is 1. The van der Waals surface area contributed by atoms with Crippen LogP contribution in [0.4, 0.5) is 8.78 Å². The summed E-state index contributed by atoms with van der Waals surface area (Å²) in [4.78, 5) is 18.0. The van der Waals surface area contributed by atoms with Gasteiger partial charge in [-0.05, 0) is 47.5 Å². The molecule has 7 nitrogen and oxygen atoms in total. The SMILES string of the molecule is [B]C1([B])c2ncccc2C(=O)N1Cc1c(F)cc(-c2ccc(OCCOC)c3nn(C)cc23)cc1F. The van der Waals surface area contributed by atoms with Gasteiger partial charge in [0.15, 0.2) is 0 Å². The summed E-state index contributed by atoms with van der Waals surface area (Å²) in [7, 11) is 15.6. The van der Waals surface area contributed by atoms with Crippen molar-refractivity contribution in [1.29, 1.82) is 0 Å². The van der Waals surface area contributed by atoms with Crippen LogP contribution in [0.2, 0.25) is 0 Å². The summed E-state index contributed by atoms with van der Waals surface area (Å²) in [6.07, 6.45) is 3.20. The van der Waals surface area contributed by atoms with Gasteiger partial charge in [-0.25, -0.2) is 8.78 Å². The highest BCUT2D eigenvalue weighted by Gasteiger charge is 2.43. The Bertz CT molecular complexity index is 1470. The second kappa shape index (κ2) is 9.05. The van der Waals surface area contributed by atoms with Crippen molar-refractivity contribution < 1.29 is 23.0 Å². The maximum absolute atomic E-state index is 15.3. The molecule has 1 amide bonds. The summed E-state index contributed by atoms with van der Waals surface area (Å²) in [6.45, 7) is 0.272. The van der Waals surface area contributed by atoms with E-state index in [1.165, 1.54) is 24.4 Å². The Morgan fingerprint density at radius 1 is 1.08 bits per heavy atom. The van der Waals surface area contributed by atoms with Gasteiger partial charge in [0.1, 0.15) is 29.5 Å². The third-order valence-corrected chi connectivity index (χ3v) is 6.18. The van der Waals surface area contributed by atoms with Crippen molar-refractivity contribution in [3.8, 4) is 16.9 Å². The largest absolute Gasteiger partial charge is 0.489 e. The molecule has 178 valence electrons. The number of halogens is 2. The first-order chi connectivity index (χ1) is 17.2. The Kier molecular flexibility index (Phi) is 6.04. The zero-order valence-electron chi connectivity index (χ0n) is 19.7. The van der Waals surface area contributed by atoms with E-state index in [9.17, 15) is 4.79 Å². The monoisotopic (exact) mass is 484 g/mol. The number of fused-ring (bicyclic) bond motifs is 2. The van der Waals surface area contributed by atoms with Crippen molar-refractivity contribution in [2.45, 2.75) is 11.9 Å². The molecule has 2 aromatic carbocycles. The second-order valence-electron chi connectivity index (χ2n) is 8.55. The van der Waals surface area contributed by atoms with Crippen LogP contribution < -0.4 is 4.74 Å². The van der Waals surface area contributed by atoms with Gasteiger partial charge < -0.3 is 14.4 Å². The van der Waals surface area contributed by atoms with Gasteiger partial charge in [-0.3, -0.25) is 14.5 Å². The molecule has 1 aliphatic heterocycles. The number of pyridine rings is 1. The molecule has 3 heterocycles. The average molecular weight is 484 g/mol. The number of aryl methyl sites for hydroxylation is 1. The summed E-state index contributed by atoms with van der Waals surface area (Å²) in [5, 5.41) is 3.30. The van der Waals surface area contributed by atoms with Crippen LogP contribution >= 0.6 is 0 Å². The van der Waals surface area contributed by atoms with Crippen LogP contribution in [0.15, 0.2) is 48.8 Å². The maximum Gasteiger partial charge on any atom is 0.255 e. The molecule has 11 heteroatoms. The quantitative estimate of drug-likeness (QED) is 0.298. The van der Waals surface area contributed by atoms with Crippen molar-refractivity contribution in [2.75, 3.05) is 20.3 Å². The van der Waals surface area contributed by atoms with E-state index in [0.717, 1.165) is 4.90 Å². The zero-order valence-corrected chi connectivity index (χ0v) is 19.7. The predicted octanol–water partition coefficient (Wildman–Crippen LogP) is 3.04. The second-order valence-corrected chi connectivity index (χ2v) is 8.55. The molecule has 0 saturated heterocycles. The van der Waals surface area contributed by atoms with Crippen molar-refractivity contribution in [3.05, 3.63) is 77.2 Å². The van der Waals surface area contributed by atoms with Gasteiger partial charge >= 0.3 is 0 Å². The molecule has 4 aromatic rings. The van der Waals surface area contributed by atoms with Gasteiger partial charge in [-0.2, -0.15) is 5.10 Å². The third-order valence-electron chi connectivity index (χ3n) is 6.18. The van der Waals surface area contributed by atoms with E-state index in [0.29, 0.717) is 41.0 Å². The Labute approximate surface area is 208 Å². The molecule has 1 aliphatic rings. The van der Waals surface area contributed by atoms with E-state index in [1.54, 1.807) is 43.2 Å². The first kappa shape index (κ1) is 24.0. The number of rotatable bonds is 7. The van der Waals surface area contributed by atoms with Crippen molar-refractivity contribution in [2.24, 2.45) is 7.05 Å². The highest BCUT2D eigenvalue weighted by molar-refractivity contribution is 6.42. The summed E-state index contributed by atoms with van der Waals surface area (Å²) >= 11 is 0. The third kappa shape index (κ3) is 3.93. The lowest BCUT2D eigenvalue weighted by Gasteiger charge is -2.33. The van der Waals surface area contributed by atoms with E-state index in [2.05, 4.69) is 10.1 Å². The Morgan fingerprint density at radius 2 is 1.83 bits per heavy atom. The summed E-state index contributed by atoms with van der Waals surface area (Å²) in [6, 6.07) is 8.94. The van der Waals surface area contributed by atoms with E-state index in [4.69, 9.17) is 25.2 Å². The first-order valence-corrected chi connectivity index (χ1v) is 11.1. The highest BCUT2D eigenvalue weighted by Crippen LogP contribution is 2.37. The van der Waals surface area contributed by atoms with Gasteiger partial charge in [-0.15, -0.1) is 0 Å². The molecule has 0 atom stereocenters. The number of carbonyl (C=O) groups excluding carboxylic acids is 1. The predicted molar refractivity (Wildman–Crippen MR) is 131 cm³/mol. The van der Waals surface area contributed by atoms with Crippen LogP contribution in [0.25, 0.3) is 22.0 Å². The molecule has 0 spiro atoms. The average Bonchev–Trinajstić information content (AvgIpc) is 3.32. The number of benzene rings is 2. The number of amides is 1. The van der Waals surface area contributed by atoms with E-state index in [-0.39, 0.29) is 16.8 Å². The van der Waals surface area contributed by atoms with Crippen LogP contribution in [0.3, 0.4) is 0 Å². The minimum absolute atomic E-state index is 0.152. The topological polar surface area (TPSA) is 69.5 Å². The van der Waals surface area contributed by atoms with Crippen LogP contribution in [-0.4, -0.2) is 61.6 Å². The minimum atomic E-state index is -1.80. The van der Waals surface area contributed by atoms with Crippen molar-refractivity contribution >= 4 is 32.5 Å². The smallest absolute Gasteiger partial charge is 0.255 e. The van der Waals surface area contributed by atoms with Gasteiger partial charge in [0.2, 0.25) is 0 Å². The van der Waals surface area contributed by atoms with Crippen molar-refractivity contribution in [3.63, 3.8) is 0 Å². The van der Waals surface area contributed by atoms with E-state index < -0.39 is 29.4 Å². The number of aromatic nitrogens is 3. The molecule has 0 bridgehead atoms. The molecule has 0 aliphatic carbocycles. The number of hydrogen-bond acceptors (Lipinski definition) is 5. The van der Waals surface area contributed by atoms with Gasteiger partial charge in [0.05, 0.1) is 40.1 Å². The molecule has 0 fully saturated rings. The van der Waals surface area contributed by atoms with Gasteiger partial charge in [0, 0.05) is 42.8 Å². The minimum Gasteiger partial charge on any atom is -0.489 e. The van der Waals surface area contributed by atoms with Gasteiger partial charge in [0.25, 0.3) is 5.91 Å². The Morgan fingerprint density at radius 3 is 2.53 bits per heavy atom. The summed E-state index contributed by atoms with van der Waals surface area (Å²) in [5.41, 5.74) is 1.45. The molecule has 0 N–H and O–H groups in total. The fourth-order valence-electron chi connectivity index (χ4n) is 4.41. The number of hydrogen-bond donors (Lipinski definition) is 0. The van der Waals surface area contributed by atoms with Crippen LogP contribution in [0, 0.1) is 11.6 Å². The van der Waals surface area contributed by atoms with Crippen LogP contribution in [-0.2, 0) is 23.7 Å². The van der Waals surface area contributed by atoms with E-state index in [1.807, 2.05) is 0 Å². The maximum atomic E-state index is 15.3. The fourth-order valence-corrected chi connectivity index (χ4v) is 4.41. The first-order valence-electron chi connectivity index (χ1n) is 11.1. The lowest BCUT2D eigenvalue weighted by Crippen LogP contribution is -2.45. The molecule has 36 heavy (non-hydrogen) atoms. The van der Waals surface area contributed by atoms with E-state index >= 15 is 8.78 Å².